The van der Waals surface area contributed by atoms with Gasteiger partial charge in [0.05, 0.1) is 11.0 Å². The molecule has 128 valence electrons. The fourth-order valence-corrected chi connectivity index (χ4v) is 4.37. The second-order valence-corrected chi connectivity index (χ2v) is 7.08. The molecule has 0 bridgehead atoms. The second-order valence-electron chi connectivity index (χ2n) is 7.08. The number of furan rings is 1. The van der Waals surface area contributed by atoms with Crippen molar-refractivity contribution < 1.29 is 4.42 Å². The molecule has 0 radical (unpaired) electrons. The molecule has 27 heavy (non-hydrogen) atoms. The number of hydrogen-bond acceptors (Lipinski definition) is 1. The van der Waals surface area contributed by atoms with Crippen LogP contribution in [0.3, 0.4) is 0 Å². The van der Waals surface area contributed by atoms with Crippen LogP contribution in [0.4, 0.5) is 0 Å². The van der Waals surface area contributed by atoms with E-state index in [1.54, 1.807) is 0 Å². The topological polar surface area (TPSA) is 18.1 Å². The Labute approximate surface area is 156 Å². The van der Waals surface area contributed by atoms with Crippen LogP contribution < -0.4 is 0 Å². The molecule has 0 fully saturated rings. The molecule has 6 rings (SSSR count). The average molecular weight is 347 g/mol. The number of aryl methyl sites for hydroxylation is 1. The first-order valence-corrected chi connectivity index (χ1v) is 9.22. The van der Waals surface area contributed by atoms with E-state index in [-0.39, 0.29) is 0 Å². The van der Waals surface area contributed by atoms with Gasteiger partial charge in [-0.3, -0.25) is 0 Å². The Bertz CT molecular complexity index is 1470. The molecule has 2 aromatic heterocycles. The summed E-state index contributed by atoms with van der Waals surface area (Å²) in [5, 5.41) is 4.87. The van der Waals surface area contributed by atoms with E-state index in [0.717, 1.165) is 22.4 Å². The molecule has 6 aromatic rings. The van der Waals surface area contributed by atoms with E-state index in [0.29, 0.717) is 0 Å². The first kappa shape index (κ1) is 14.6. The zero-order valence-corrected chi connectivity index (χ0v) is 14.9. The zero-order chi connectivity index (χ0) is 18.0. The van der Waals surface area contributed by atoms with Crippen molar-refractivity contribution in [1.29, 1.82) is 0 Å². The number of fused-ring (bicyclic) bond motifs is 7. The van der Waals surface area contributed by atoms with E-state index in [1.165, 1.54) is 32.6 Å². The van der Waals surface area contributed by atoms with Crippen molar-refractivity contribution in [2.45, 2.75) is 6.92 Å². The first-order valence-electron chi connectivity index (χ1n) is 9.22. The van der Waals surface area contributed by atoms with Crippen molar-refractivity contribution in [1.82, 2.24) is 4.57 Å². The summed E-state index contributed by atoms with van der Waals surface area (Å²) in [5.74, 6) is 0. The summed E-state index contributed by atoms with van der Waals surface area (Å²) in [6, 6.07) is 29.7. The highest BCUT2D eigenvalue weighted by Gasteiger charge is 2.20. The fraction of sp³-hybridized carbons (Fsp3) is 0.0400. The molecule has 2 heteroatoms. The molecular weight excluding hydrogens is 330 g/mol. The third-order valence-corrected chi connectivity index (χ3v) is 5.49. The molecule has 0 aliphatic rings. The van der Waals surface area contributed by atoms with Gasteiger partial charge < -0.3 is 8.98 Å². The second kappa shape index (κ2) is 5.24. The number of aromatic nitrogens is 1. The third kappa shape index (κ3) is 1.90. The minimum Gasteiger partial charge on any atom is -0.454 e. The number of rotatable bonds is 1. The van der Waals surface area contributed by atoms with Crippen LogP contribution in [0.5, 0.6) is 0 Å². The molecule has 4 aromatic carbocycles. The van der Waals surface area contributed by atoms with Crippen LogP contribution in [0.1, 0.15) is 5.56 Å². The van der Waals surface area contributed by atoms with E-state index >= 15 is 0 Å². The van der Waals surface area contributed by atoms with Crippen molar-refractivity contribution in [2.75, 3.05) is 0 Å². The highest BCUT2D eigenvalue weighted by molar-refractivity contribution is 6.22. The monoisotopic (exact) mass is 347 g/mol. The van der Waals surface area contributed by atoms with Crippen LogP contribution in [-0.4, -0.2) is 4.57 Å². The third-order valence-electron chi connectivity index (χ3n) is 5.49. The summed E-state index contributed by atoms with van der Waals surface area (Å²) in [6.07, 6.45) is 0. The lowest BCUT2D eigenvalue weighted by Gasteiger charge is -2.08. The number of para-hydroxylation sites is 3. The van der Waals surface area contributed by atoms with Gasteiger partial charge in [-0.05, 0) is 42.8 Å². The maximum absolute atomic E-state index is 6.39. The highest BCUT2D eigenvalue weighted by atomic mass is 16.3. The smallest absolute Gasteiger partial charge is 0.160 e. The number of benzene rings is 4. The summed E-state index contributed by atoms with van der Waals surface area (Å²) in [4.78, 5) is 0. The minimum atomic E-state index is 0.935. The lowest BCUT2D eigenvalue weighted by molar-refractivity contribution is 0.671. The maximum atomic E-state index is 6.39. The normalized spacial score (nSPS) is 11.9. The lowest BCUT2D eigenvalue weighted by Crippen LogP contribution is -1.93. The summed E-state index contributed by atoms with van der Waals surface area (Å²) >= 11 is 0. The van der Waals surface area contributed by atoms with Crippen LogP contribution >= 0.6 is 0 Å². The van der Waals surface area contributed by atoms with E-state index < -0.39 is 0 Å². The molecule has 2 heterocycles. The highest BCUT2D eigenvalue weighted by Crippen LogP contribution is 2.41. The molecule has 0 amide bonds. The van der Waals surface area contributed by atoms with Crippen LogP contribution in [0.15, 0.2) is 89.3 Å². The van der Waals surface area contributed by atoms with Gasteiger partial charge in [0.25, 0.3) is 0 Å². The predicted octanol–water partition coefficient (Wildman–Crippen LogP) is 6.99. The largest absolute Gasteiger partial charge is 0.454 e. The van der Waals surface area contributed by atoms with Crippen LogP contribution in [0, 0.1) is 6.92 Å². The molecule has 0 unspecified atom stereocenters. The van der Waals surface area contributed by atoms with Gasteiger partial charge in [0.2, 0.25) is 0 Å². The molecule has 0 saturated heterocycles. The lowest BCUT2D eigenvalue weighted by atomic mass is 10.0. The molecule has 0 saturated carbocycles. The zero-order valence-electron chi connectivity index (χ0n) is 14.9. The molecule has 0 aliphatic heterocycles. The van der Waals surface area contributed by atoms with Gasteiger partial charge in [-0.2, -0.15) is 0 Å². The first-order chi connectivity index (χ1) is 13.3. The van der Waals surface area contributed by atoms with E-state index in [2.05, 4.69) is 84.3 Å². The average Bonchev–Trinajstić information content (AvgIpc) is 3.25. The Balaban J connectivity index is 1.96. The Kier molecular flexibility index (Phi) is 2.84. The summed E-state index contributed by atoms with van der Waals surface area (Å²) < 4.78 is 8.73. The van der Waals surface area contributed by atoms with Crippen molar-refractivity contribution in [3.63, 3.8) is 0 Å². The van der Waals surface area contributed by atoms with Gasteiger partial charge >= 0.3 is 0 Å². The van der Waals surface area contributed by atoms with E-state index in [1.807, 2.05) is 12.1 Å². The van der Waals surface area contributed by atoms with Crippen LogP contribution in [0.25, 0.3) is 49.4 Å². The van der Waals surface area contributed by atoms with Crippen LogP contribution in [0.2, 0.25) is 0 Å². The van der Waals surface area contributed by atoms with E-state index in [4.69, 9.17) is 4.42 Å². The molecule has 2 nitrogen and oxygen atoms in total. The Morgan fingerprint density at radius 3 is 2.26 bits per heavy atom. The van der Waals surface area contributed by atoms with Gasteiger partial charge in [-0.25, -0.2) is 0 Å². The van der Waals surface area contributed by atoms with Gasteiger partial charge in [-0.1, -0.05) is 54.6 Å². The summed E-state index contributed by atoms with van der Waals surface area (Å²) in [6.45, 7) is 2.20. The van der Waals surface area contributed by atoms with Crippen LogP contribution in [-0.2, 0) is 0 Å². The van der Waals surface area contributed by atoms with Gasteiger partial charge in [0, 0.05) is 27.2 Å². The van der Waals surface area contributed by atoms with Gasteiger partial charge in [-0.15, -0.1) is 0 Å². The Morgan fingerprint density at radius 1 is 0.704 bits per heavy atom. The van der Waals surface area contributed by atoms with E-state index in [9.17, 15) is 0 Å². The van der Waals surface area contributed by atoms with Gasteiger partial charge in [0.15, 0.2) is 5.58 Å². The SMILES string of the molecule is Cc1cc2c3ccccc3oc2c2c1c1ccccc1n2-c1ccccc1. The molecule has 0 spiro atoms. The molecule has 0 N–H and O–H groups in total. The van der Waals surface area contributed by atoms with Gasteiger partial charge in [0.1, 0.15) is 5.58 Å². The van der Waals surface area contributed by atoms with Crippen molar-refractivity contribution in [3.8, 4) is 5.69 Å². The minimum absolute atomic E-state index is 0.935. The maximum Gasteiger partial charge on any atom is 0.160 e. The quantitative estimate of drug-likeness (QED) is 0.313. The fourth-order valence-electron chi connectivity index (χ4n) is 4.37. The summed E-state index contributed by atoms with van der Waals surface area (Å²) in [5.41, 5.74) is 6.66. The van der Waals surface area contributed by atoms with Crippen molar-refractivity contribution >= 4 is 43.7 Å². The molecular formula is C25H17NO. The number of nitrogens with zero attached hydrogens (tertiary/aromatic N) is 1. The van der Waals surface area contributed by atoms with Crippen molar-refractivity contribution in [3.05, 3.63) is 90.5 Å². The predicted molar refractivity (Wildman–Crippen MR) is 113 cm³/mol. The molecule has 0 aliphatic carbocycles. The standard InChI is InChI=1S/C25H17NO/c1-16-15-20-18-11-6-8-14-22(18)27-25(20)24-23(16)19-12-5-7-13-21(19)26(24)17-9-3-2-4-10-17/h2-15H,1H3. The Hall–Kier alpha value is -3.52. The van der Waals surface area contributed by atoms with Crippen molar-refractivity contribution in [2.24, 2.45) is 0 Å². The summed E-state index contributed by atoms with van der Waals surface area (Å²) in [7, 11) is 0. The molecule has 0 atom stereocenters. The Morgan fingerprint density at radius 2 is 1.41 bits per heavy atom. The number of hydrogen-bond donors (Lipinski definition) is 0.